The molecule has 0 aliphatic rings. The van der Waals surface area contributed by atoms with E-state index in [-0.39, 0.29) is 0 Å². The minimum atomic E-state index is 0.320. The summed E-state index contributed by atoms with van der Waals surface area (Å²) in [5, 5.41) is 4.44. The maximum Gasteiger partial charge on any atom is 0.0453 e. The van der Waals surface area contributed by atoms with Crippen molar-refractivity contribution < 1.29 is 0 Å². The van der Waals surface area contributed by atoms with Gasteiger partial charge in [0.1, 0.15) is 0 Å². The van der Waals surface area contributed by atoms with Gasteiger partial charge in [0.25, 0.3) is 0 Å². The minimum absolute atomic E-state index is 0.320. The number of rotatable bonds is 6. The number of benzene rings is 1. The van der Waals surface area contributed by atoms with Crippen LogP contribution in [0.5, 0.6) is 0 Å². The van der Waals surface area contributed by atoms with Gasteiger partial charge in [0.2, 0.25) is 0 Å². The Hall–Kier alpha value is -0.530. The Balaban J connectivity index is 2.52. The van der Waals surface area contributed by atoms with Crippen molar-refractivity contribution in [1.29, 1.82) is 0 Å². The molecule has 1 rings (SSSR count). The first-order valence-corrected chi connectivity index (χ1v) is 6.53. The Morgan fingerprint density at radius 3 is 2.56 bits per heavy atom. The SMILES string of the molecule is CCCCC(C)NC(C)c1ccccc1Cl. The lowest BCUT2D eigenvalue weighted by Crippen LogP contribution is -2.28. The molecule has 0 saturated carbocycles. The molecule has 0 radical (unpaired) electrons. The summed E-state index contributed by atoms with van der Waals surface area (Å²) >= 11 is 6.17. The Kier molecular flexibility index (Phi) is 5.86. The summed E-state index contributed by atoms with van der Waals surface area (Å²) in [4.78, 5) is 0. The summed E-state index contributed by atoms with van der Waals surface area (Å²) in [5.74, 6) is 0. The van der Waals surface area contributed by atoms with Crippen molar-refractivity contribution in [2.75, 3.05) is 0 Å². The lowest BCUT2D eigenvalue weighted by atomic mass is 10.1. The second-order valence-electron chi connectivity index (χ2n) is 4.45. The van der Waals surface area contributed by atoms with E-state index in [1.807, 2.05) is 18.2 Å². The predicted octanol–water partition coefficient (Wildman–Crippen LogP) is 4.57. The molecule has 0 saturated heterocycles. The second kappa shape index (κ2) is 6.93. The van der Waals surface area contributed by atoms with Gasteiger partial charge in [0, 0.05) is 17.1 Å². The number of nitrogens with one attached hydrogen (secondary N) is 1. The van der Waals surface area contributed by atoms with Crippen LogP contribution in [-0.2, 0) is 0 Å². The molecule has 0 amide bonds. The van der Waals surface area contributed by atoms with Gasteiger partial charge in [-0.3, -0.25) is 0 Å². The summed E-state index contributed by atoms with van der Waals surface area (Å²) in [7, 11) is 0. The lowest BCUT2D eigenvalue weighted by Gasteiger charge is -2.21. The highest BCUT2D eigenvalue weighted by Crippen LogP contribution is 2.22. The average Bonchev–Trinajstić information content (AvgIpc) is 2.26. The van der Waals surface area contributed by atoms with Gasteiger partial charge in [0.05, 0.1) is 0 Å². The summed E-state index contributed by atoms with van der Waals surface area (Å²) in [6.45, 7) is 6.64. The fourth-order valence-corrected chi connectivity index (χ4v) is 2.24. The summed E-state index contributed by atoms with van der Waals surface area (Å²) in [6, 6.07) is 8.92. The quantitative estimate of drug-likeness (QED) is 0.767. The normalized spacial score (nSPS) is 14.8. The third kappa shape index (κ3) is 4.15. The van der Waals surface area contributed by atoms with E-state index in [0.29, 0.717) is 12.1 Å². The van der Waals surface area contributed by atoms with Crippen molar-refractivity contribution in [3.05, 3.63) is 34.9 Å². The zero-order chi connectivity index (χ0) is 12.0. The topological polar surface area (TPSA) is 12.0 Å². The molecule has 0 spiro atoms. The van der Waals surface area contributed by atoms with Crippen molar-refractivity contribution in [1.82, 2.24) is 5.32 Å². The molecule has 1 N–H and O–H groups in total. The van der Waals surface area contributed by atoms with Crippen LogP contribution in [0.3, 0.4) is 0 Å². The number of halogens is 1. The lowest BCUT2D eigenvalue weighted by molar-refractivity contribution is 0.444. The van der Waals surface area contributed by atoms with Gasteiger partial charge in [-0.1, -0.05) is 49.6 Å². The van der Waals surface area contributed by atoms with E-state index < -0.39 is 0 Å². The standard InChI is InChI=1S/C14H22ClN/c1-4-5-8-11(2)16-12(3)13-9-6-7-10-14(13)15/h6-7,9-12,16H,4-5,8H2,1-3H3. The molecule has 2 unspecified atom stereocenters. The van der Waals surface area contributed by atoms with Crippen LogP contribution in [-0.4, -0.2) is 6.04 Å². The molecular formula is C14H22ClN. The van der Waals surface area contributed by atoms with Crippen molar-refractivity contribution >= 4 is 11.6 Å². The van der Waals surface area contributed by atoms with Gasteiger partial charge in [0.15, 0.2) is 0 Å². The van der Waals surface area contributed by atoms with Gasteiger partial charge in [-0.05, 0) is 31.9 Å². The predicted molar refractivity (Wildman–Crippen MR) is 72.0 cm³/mol. The molecule has 0 fully saturated rings. The Labute approximate surface area is 104 Å². The molecule has 0 aliphatic carbocycles. The molecule has 0 heterocycles. The minimum Gasteiger partial charge on any atom is -0.308 e. The molecule has 1 aromatic carbocycles. The molecule has 1 aromatic rings. The smallest absolute Gasteiger partial charge is 0.0453 e. The van der Waals surface area contributed by atoms with E-state index in [9.17, 15) is 0 Å². The zero-order valence-corrected chi connectivity index (χ0v) is 11.2. The molecule has 0 bridgehead atoms. The maximum absolute atomic E-state index is 6.17. The van der Waals surface area contributed by atoms with Crippen LogP contribution in [0.1, 0.15) is 51.6 Å². The monoisotopic (exact) mass is 239 g/mol. The van der Waals surface area contributed by atoms with Crippen LogP contribution >= 0.6 is 11.6 Å². The third-order valence-electron chi connectivity index (χ3n) is 2.90. The van der Waals surface area contributed by atoms with Crippen LogP contribution in [0.2, 0.25) is 5.02 Å². The van der Waals surface area contributed by atoms with Gasteiger partial charge in [-0.2, -0.15) is 0 Å². The van der Waals surface area contributed by atoms with E-state index in [1.165, 1.54) is 24.8 Å². The summed E-state index contributed by atoms with van der Waals surface area (Å²) < 4.78 is 0. The van der Waals surface area contributed by atoms with Crippen LogP contribution in [0.15, 0.2) is 24.3 Å². The van der Waals surface area contributed by atoms with Crippen molar-refractivity contribution in [3.63, 3.8) is 0 Å². The van der Waals surface area contributed by atoms with Crippen LogP contribution in [0.25, 0.3) is 0 Å². The fourth-order valence-electron chi connectivity index (χ4n) is 1.94. The maximum atomic E-state index is 6.17. The van der Waals surface area contributed by atoms with Crippen LogP contribution < -0.4 is 5.32 Å². The van der Waals surface area contributed by atoms with Gasteiger partial charge in [-0.25, -0.2) is 0 Å². The van der Waals surface area contributed by atoms with Crippen molar-refractivity contribution in [2.24, 2.45) is 0 Å². The molecular weight excluding hydrogens is 218 g/mol. The molecule has 2 heteroatoms. The Morgan fingerprint density at radius 1 is 1.25 bits per heavy atom. The molecule has 90 valence electrons. The van der Waals surface area contributed by atoms with Crippen molar-refractivity contribution in [3.8, 4) is 0 Å². The molecule has 0 aliphatic heterocycles. The zero-order valence-electron chi connectivity index (χ0n) is 10.5. The largest absolute Gasteiger partial charge is 0.308 e. The van der Waals surface area contributed by atoms with E-state index in [2.05, 4.69) is 32.2 Å². The molecule has 2 atom stereocenters. The Morgan fingerprint density at radius 2 is 1.94 bits per heavy atom. The Bertz CT molecular complexity index is 311. The number of hydrogen-bond donors (Lipinski definition) is 1. The highest BCUT2D eigenvalue weighted by atomic mass is 35.5. The van der Waals surface area contributed by atoms with E-state index in [4.69, 9.17) is 11.6 Å². The first-order valence-electron chi connectivity index (χ1n) is 6.15. The van der Waals surface area contributed by atoms with E-state index >= 15 is 0 Å². The highest BCUT2D eigenvalue weighted by molar-refractivity contribution is 6.31. The van der Waals surface area contributed by atoms with E-state index in [0.717, 1.165) is 5.02 Å². The molecule has 1 nitrogen and oxygen atoms in total. The van der Waals surface area contributed by atoms with Crippen LogP contribution in [0, 0.1) is 0 Å². The third-order valence-corrected chi connectivity index (χ3v) is 3.24. The average molecular weight is 240 g/mol. The second-order valence-corrected chi connectivity index (χ2v) is 4.86. The summed E-state index contributed by atoms with van der Waals surface area (Å²) in [6.07, 6.45) is 3.77. The van der Waals surface area contributed by atoms with Crippen LogP contribution in [0.4, 0.5) is 0 Å². The fraction of sp³-hybridized carbons (Fsp3) is 0.571. The first kappa shape index (κ1) is 13.5. The molecule has 0 aromatic heterocycles. The first-order chi connectivity index (χ1) is 7.65. The number of hydrogen-bond acceptors (Lipinski definition) is 1. The van der Waals surface area contributed by atoms with E-state index in [1.54, 1.807) is 0 Å². The summed E-state index contributed by atoms with van der Waals surface area (Å²) in [5.41, 5.74) is 1.19. The number of unbranched alkanes of at least 4 members (excludes halogenated alkanes) is 1. The highest BCUT2D eigenvalue weighted by Gasteiger charge is 2.11. The molecule has 16 heavy (non-hydrogen) atoms. The van der Waals surface area contributed by atoms with Gasteiger partial charge in [-0.15, -0.1) is 0 Å². The van der Waals surface area contributed by atoms with Gasteiger partial charge < -0.3 is 5.32 Å². The van der Waals surface area contributed by atoms with Gasteiger partial charge >= 0.3 is 0 Å². The van der Waals surface area contributed by atoms with Crippen molar-refractivity contribution in [2.45, 2.75) is 52.1 Å².